The second-order valence-corrected chi connectivity index (χ2v) is 8.68. The lowest BCUT2D eigenvalue weighted by molar-refractivity contribution is -0.144. The molecule has 1 atom stereocenters. The van der Waals surface area contributed by atoms with Crippen LogP contribution in [-0.2, 0) is 28.2 Å². The van der Waals surface area contributed by atoms with Gasteiger partial charge in [0.25, 0.3) is 0 Å². The molecule has 0 amide bonds. The van der Waals surface area contributed by atoms with Crippen LogP contribution < -0.4 is 0 Å². The van der Waals surface area contributed by atoms with Gasteiger partial charge in [0, 0.05) is 29.6 Å². The minimum absolute atomic E-state index is 0.344. The summed E-state index contributed by atoms with van der Waals surface area (Å²) in [5, 5.41) is 20.2. The van der Waals surface area contributed by atoms with E-state index in [1.165, 1.54) is 10.4 Å². The van der Waals surface area contributed by atoms with Crippen LogP contribution in [0.2, 0.25) is 5.02 Å². The third kappa shape index (κ3) is 9.52. The van der Waals surface area contributed by atoms with Gasteiger partial charge in [-0.05, 0) is 41.5 Å². The minimum Gasteiger partial charge on any atom is -0.480 e. The van der Waals surface area contributed by atoms with Crippen LogP contribution in [0.25, 0.3) is 0 Å². The predicted octanol–water partition coefficient (Wildman–Crippen LogP) is 3.71. The van der Waals surface area contributed by atoms with Crippen molar-refractivity contribution >= 4 is 39.3 Å². The van der Waals surface area contributed by atoms with E-state index in [2.05, 4.69) is 18.4 Å². The first-order valence-corrected chi connectivity index (χ1v) is 11.8. The summed E-state index contributed by atoms with van der Waals surface area (Å²) in [4.78, 5) is 15.1. The molecule has 1 aromatic carbocycles. The molecule has 0 aliphatic carbocycles. The first kappa shape index (κ1) is 26.5. The summed E-state index contributed by atoms with van der Waals surface area (Å²) in [7, 11) is -4.67. The molecule has 8 nitrogen and oxygen atoms in total. The van der Waals surface area contributed by atoms with Gasteiger partial charge < -0.3 is 10.2 Å². The van der Waals surface area contributed by atoms with E-state index in [9.17, 15) is 9.90 Å². The zero-order chi connectivity index (χ0) is 22.7. The lowest BCUT2D eigenvalue weighted by atomic mass is 10.0. The Morgan fingerprint density at radius 3 is 2.40 bits per heavy atom. The molecule has 1 aliphatic heterocycles. The number of carboxylic acids is 1. The fraction of sp³-hybridized carbons (Fsp3) is 0.421. The van der Waals surface area contributed by atoms with Crippen molar-refractivity contribution in [2.24, 2.45) is 0 Å². The number of aliphatic carboxylic acids is 1. The normalized spacial score (nSPS) is 14.4. The molecule has 0 fully saturated rings. The van der Waals surface area contributed by atoms with Crippen molar-refractivity contribution in [3.05, 3.63) is 56.7 Å². The maximum Gasteiger partial charge on any atom is 0.394 e. The molecule has 3 rings (SSSR count). The van der Waals surface area contributed by atoms with Gasteiger partial charge in [-0.25, -0.2) is 0 Å². The van der Waals surface area contributed by atoms with Gasteiger partial charge in [-0.1, -0.05) is 43.1 Å². The van der Waals surface area contributed by atoms with Crippen molar-refractivity contribution in [2.75, 3.05) is 13.2 Å². The quantitative estimate of drug-likeness (QED) is 0.476. The Morgan fingerprint density at radius 2 is 1.90 bits per heavy atom. The van der Waals surface area contributed by atoms with E-state index < -0.39 is 22.4 Å². The fourth-order valence-electron chi connectivity index (χ4n) is 2.83. The smallest absolute Gasteiger partial charge is 0.394 e. The Hall–Kier alpha value is -1.53. The third-order valence-electron chi connectivity index (χ3n) is 4.15. The van der Waals surface area contributed by atoms with Crippen molar-refractivity contribution in [1.82, 2.24) is 4.90 Å². The third-order valence-corrected chi connectivity index (χ3v) is 5.51. The summed E-state index contributed by atoms with van der Waals surface area (Å²) in [5.74, 6) is -0.850. The van der Waals surface area contributed by atoms with E-state index in [4.69, 9.17) is 34.2 Å². The topological polar surface area (TPSA) is 135 Å². The van der Waals surface area contributed by atoms with Crippen LogP contribution in [0.4, 0.5) is 0 Å². The number of fused-ring (bicyclic) bond motifs is 1. The van der Waals surface area contributed by atoms with Crippen molar-refractivity contribution in [1.29, 1.82) is 0 Å². The Labute approximate surface area is 185 Å². The van der Waals surface area contributed by atoms with Crippen molar-refractivity contribution < 1.29 is 32.5 Å². The number of hydrogen-bond acceptors (Lipinski definition) is 6. The molecule has 168 valence electrons. The van der Waals surface area contributed by atoms with Crippen molar-refractivity contribution in [3.63, 3.8) is 0 Å². The number of benzene rings is 1. The highest BCUT2D eigenvalue weighted by Gasteiger charge is 2.31. The average Bonchev–Trinajstić information content (AvgIpc) is 3.11. The van der Waals surface area contributed by atoms with E-state index in [1.807, 2.05) is 17.0 Å². The second kappa shape index (κ2) is 13.0. The SMILES string of the molecule is CCCCO.O=C(O)[C@H](c1ccccc1Cl)N1CCc2sccc2C1.O=S(=O)(O)O. The number of carbonyl (C=O) groups is 1. The van der Waals surface area contributed by atoms with Gasteiger partial charge in [0.05, 0.1) is 0 Å². The Bertz CT molecular complexity index is 892. The predicted molar refractivity (Wildman–Crippen MR) is 116 cm³/mol. The molecule has 11 heteroatoms. The zero-order valence-electron chi connectivity index (χ0n) is 16.4. The van der Waals surface area contributed by atoms with Crippen LogP contribution in [-0.4, -0.2) is 51.8 Å². The standard InChI is InChI=1S/C15H14ClNO2S.C4H10O.H2O4S/c16-12-4-2-1-3-11(12)14(15(18)19)17-7-5-13-10(9-17)6-8-20-13;1-2-3-4-5;1-5(2,3)4/h1-4,6,8,14H,5,7,9H2,(H,18,19);5H,2-4H2,1H3;(H2,1,2,3,4)/t14-;;/m0../s1. The number of aliphatic hydroxyl groups is 1. The molecule has 1 aromatic heterocycles. The highest BCUT2D eigenvalue weighted by atomic mass is 35.5. The molecule has 1 aliphatic rings. The van der Waals surface area contributed by atoms with Gasteiger partial charge in [-0.3, -0.25) is 18.8 Å². The number of aliphatic hydroxyl groups excluding tert-OH is 1. The number of nitrogens with zero attached hydrogens (tertiary/aromatic N) is 1. The molecular weight excluding hydrogens is 454 g/mol. The number of thiophene rings is 1. The highest BCUT2D eigenvalue weighted by molar-refractivity contribution is 7.79. The molecule has 30 heavy (non-hydrogen) atoms. The van der Waals surface area contributed by atoms with Crippen LogP contribution >= 0.6 is 22.9 Å². The lowest BCUT2D eigenvalue weighted by Crippen LogP contribution is -2.37. The number of unbranched alkanes of at least 4 members (excludes halogenated alkanes) is 1. The lowest BCUT2D eigenvalue weighted by Gasteiger charge is -2.32. The van der Waals surface area contributed by atoms with E-state index in [0.29, 0.717) is 23.7 Å². The molecule has 2 aromatic rings. The number of halogens is 1. The highest BCUT2D eigenvalue weighted by Crippen LogP contribution is 2.33. The van der Waals surface area contributed by atoms with Crippen LogP contribution in [0, 0.1) is 0 Å². The van der Waals surface area contributed by atoms with E-state index in [1.54, 1.807) is 23.5 Å². The summed E-state index contributed by atoms with van der Waals surface area (Å²) in [5.41, 5.74) is 1.90. The molecule has 0 saturated heterocycles. The molecule has 4 N–H and O–H groups in total. The van der Waals surface area contributed by atoms with Crippen LogP contribution in [0.15, 0.2) is 35.7 Å². The Morgan fingerprint density at radius 1 is 1.27 bits per heavy atom. The van der Waals surface area contributed by atoms with Crippen LogP contribution in [0.3, 0.4) is 0 Å². The van der Waals surface area contributed by atoms with Gasteiger partial charge in [0.2, 0.25) is 0 Å². The van der Waals surface area contributed by atoms with Crippen molar-refractivity contribution in [3.8, 4) is 0 Å². The van der Waals surface area contributed by atoms with Crippen LogP contribution in [0.5, 0.6) is 0 Å². The van der Waals surface area contributed by atoms with Crippen LogP contribution in [0.1, 0.15) is 41.8 Å². The van der Waals surface area contributed by atoms with Gasteiger partial charge in [-0.2, -0.15) is 8.42 Å². The van der Waals surface area contributed by atoms with E-state index in [0.717, 1.165) is 25.8 Å². The van der Waals surface area contributed by atoms with Gasteiger partial charge in [0.15, 0.2) is 0 Å². The van der Waals surface area contributed by atoms with E-state index in [-0.39, 0.29) is 0 Å². The fourth-order valence-corrected chi connectivity index (χ4v) is 3.96. The molecule has 2 heterocycles. The first-order chi connectivity index (χ1) is 14.1. The summed E-state index contributed by atoms with van der Waals surface area (Å²) in [6.07, 6.45) is 2.94. The first-order valence-electron chi connectivity index (χ1n) is 9.15. The summed E-state index contributed by atoms with van der Waals surface area (Å²) in [6, 6.07) is 8.58. The molecule has 0 radical (unpaired) electrons. The van der Waals surface area contributed by atoms with Crippen molar-refractivity contribution in [2.45, 2.75) is 38.8 Å². The Kier molecular flexibility index (Phi) is 11.5. The zero-order valence-corrected chi connectivity index (χ0v) is 18.8. The second-order valence-electron chi connectivity index (χ2n) is 6.38. The van der Waals surface area contributed by atoms with Gasteiger partial charge in [0.1, 0.15) is 6.04 Å². The maximum atomic E-state index is 11.7. The van der Waals surface area contributed by atoms with Gasteiger partial charge in [-0.15, -0.1) is 11.3 Å². The maximum absolute atomic E-state index is 11.7. The molecule has 0 spiro atoms. The monoisotopic (exact) mass is 479 g/mol. The van der Waals surface area contributed by atoms with E-state index >= 15 is 0 Å². The van der Waals surface area contributed by atoms with Gasteiger partial charge >= 0.3 is 16.4 Å². The summed E-state index contributed by atoms with van der Waals surface area (Å²) < 4.78 is 31.6. The number of hydrogen-bond donors (Lipinski definition) is 4. The Balaban J connectivity index is 0.000000378. The number of carboxylic acid groups (broad SMARTS) is 1. The average molecular weight is 480 g/mol. The molecule has 0 saturated carbocycles. The summed E-state index contributed by atoms with van der Waals surface area (Å²) >= 11 is 7.92. The molecule has 0 bridgehead atoms. The molecule has 0 unspecified atom stereocenters. The number of rotatable bonds is 5. The largest absolute Gasteiger partial charge is 0.480 e. The molecular formula is C19H26ClNO7S2. The summed E-state index contributed by atoms with van der Waals surface area (Å²) in [6.45, 7) is 3.81. The minimum atomic E-state index is -4.67.